The highest BCUT2D eigenvalue weighted by molar-refractivity contribution is 5.79. The molecule has 0 saturated carbocycles. The Hall–Kier alpha value is -1.73. The van der Waals surface area contributed by atoms with Gasteiger partial charge in [0.25, 0.3) is 0 Å². The van der Waals surface area contributed by atoms with Gasteiger partial charge < -0.3 is 19.7 Å². The Balaban J connectivity index is 1.67. The van der Waals surface area contributed by atoms with Gasteiger partial charge in [0.15, 0.2) is 5.82 Å². The molecule has 2 saturated heterocycles. The zero-order valence-corrected chi connectivity index (χ0v) is 14.4. The van der Waals surface area contributed by atoms with E-state index >= 15 is 0 Å². The molecule has 2 fully saturated rings. The lowest BCUT2D eigenvalue weighted by atomic mass is 9.79. The van der Waals surface area contributed by atoms with E-state index in [4.69, 9.17) is 9.47 Å². The Morgan fingerprint density at radius 1 is 1.42 bits per heavy atom. The molecule has 24 heavy (non-hydrogen) atoms. The number of nitrogens with one attached hydrogen (secondary N) is 1. The van der Waals surface area contributed by atoms with Gasteiger partial charge in [-0.3, -0.25) is 4.79 Å². The van der Waals surface area contributed by atoms with Crippen LogP contribution in [0.4, 0.5) is 5.82 Å². The lowest BCUT2D eigenvalue weighted by Gasteiger charge is -2.44. The number of carbonyl (C=O) groups is 1. The zero-order chi connectivity index (χ0) is 16.9. The van der Waals surface area contributed by atoms with Crippen LogP contribution in [-0.4, -0.2) is 62.2 Å². The monoisotopic (exact) mass is 334 g/mol. The van der Waals surface area contributed by atoms with E-state index in [9.17, 15) is 4.79 Å². The topological polar surface area (TPSA) is 76.6 Å². The lowest BCUT2D eigenvalue weighted by molar-refractivity contribution is -0.137. The summed E-state index contributed by atoms with van der Waals surface area (Å²) in [7, 11) is 1.64. The number of ether oxygens (including phenoxy) is 2. The molecule has 7 nitrogen and oxygen atoms in total. The average molecular weight is 334 g/mol. The van der Waals surface area contributed by atoms with Crippen molar-refractivity contribution in [2.45, 2.75) is 25.9 Å². The fourth-order valence-corrected chi connectivity index (χ4v) is 3.62. The number of carbonyl (C=O) groups excluding carboxylic acids is 1. The van der Waals surface area contributed by atoms with Crippen molar-refractivity contribution in [1.29, 1.82) is 0 Å². The van der Waals surface area contributed by atoms with Crippen molar-refractivity contribution < 1.29 is 14.3 Å². The van der Waals surface area contributed by atoms with E-state index in [2.05, 4.69) is 20.4 Å². The van der Waals surface area contributed by atoms with Crippen LogP contribution in [-0.2, 0) is 14.3 Å². The summed E-state index contributed by atoms with van der Waals surface area (Å²) >= 11 is 0. The van der Waals surface area contributed by atoms with Crippen molar-refractivity contribution in [1.82, 2.24) is 15.5 Å². The van der Waals surface area contributed by atoms with E-state index in [1.54, 1.807) is 7.11 Å². The fraction of sp³-hybridized carbons (Fsp3) is 0.706. The summed E-state index contributed by atoms with van der Waals surface area (Å²) in [6, 6.07) is 3.97. The maximum atomic E-state index is 12.5. The maximum absolute atomic E-state index is 12.5. The Kier molecular flexibility index (Phi) is 5.63. The second-order valence-corrected chi connectivity index (χ2v) is 6.52. The fourth-order valence-electron chi connectivity index (χ4n) is 3.62. The summed E-state index contributed by atoms with van der Waals surface area (Å²) < 4.78 is 10.9. The molecule has 0 bridgehead atoms. The molecule has 0 unspecified atom stereocenters. The van der Waals surface area contributed by atoms with E-state index in [-0.39, 0.29) is 23.8 Å². The molecular formula is C17H26N4O3. The van der Waals surface area contributed by atoms with E-state index in [0.29, 0.717) is 19.8 Å². The first-order valence-electron chi connectivity index (χ1n) is 8.62. The molecule has 1 N–H and O–H groups in total. The van der Waals surface area contributed by atoms with E-state index in [1.165, 1.54) is 0 Å². The number of methoxy groups -OCH3 is 1. The van der Waals surface area contributed by atoms with Gasteiger partial charge in [-0.15, -0.1) is 5.10 Å². The van der Waals surface area contributed by atoms with E-state index < -0.39 is 0 Å². The molecule has 0 aliphatic carbocycles. The predicted octanol–water partition coefficient (Wildman–Crippen LogP) is 0.779. The molecular weight excluding hydrogens is 308 g/mol. The Morgan fingerprint density at radius 2 is 2.29 bits per heavy atom. The summed E-state index contributed by atoms with van der Waals surface area (Å²) in [5, 5.41) is 11.4. The highest BCUT2D eigenvalue weighted by Gasteiger charge is 2.41. The van der Waals surface area contributed by atoms with Crippen LogP contribution in [0.15, 0.2) is 12.1 Å². The zero-order valence-electron chi connectivity index (χ0n) is 14.4. The number of aromatic nitrogens is 2. The molecule has 3 heterocycles. The van der Waals surface area contributed by atoms with Crippen molar-refractivity contribution >= 4 is 11.7 Å². The van der Waals surface area contributed by atoms with Gasteiger partial charge in [-0.1, -0.05) is 0 Å². The van der Waals surface area contributed by atoms with Crippen LogP contribution in [0.5, 0.6) is 0 Å². The highest BCUT2D eigenvalue weighted by Crippen LogP contribution is 2.34. The molecule has 1 aromatic heterocycles. The number of piperidine rings is 1. The number of aryl methyl sites for hydroxylation is 1. The first kappa shape index (κ1) is 17.1. The number of hydrogen-bond acceptors (Lipinski definition) is 6. The van der Waals surface area contributed by atoms with Gasteiger partial charge in [0.1, 0.15) is 0 Å². The molecule has 7 heteroatoms. The van der Waals surface area contributed by atoms with Crippen molar-refractivity contribution in [3.63, 3.8) is 0 Å². The lowest BCUT2D eigenvalue weighted by Crippen LogP contribution is -2.53. The molecule has 0 radical (unpaired) electrons. The number of rotatable bonds is 5. The normalized spacial score (nSPS) is 26.8. The summed E-state index contributed by atoms with van der Waals surface area (Å²) in [5.41, 5.74) is 0.907. The first-order chi connectivity index (χ1) is 11.7. The molecule has 2 aliphatic rings. The number of fused-ring (bicyclic) bond motifs is 1. The highest BCUT2D eigenvalue weighted by atomic mass is 16.5. The Labute approximate surface area is 142 Å². The van der Waals surface area contributed by atoms with E-state index in [0.717, 1.165) is 37.4 Å². The minimum atomic E-state index is -0.0122. The van der Waals surface area contributed by atoms with Crippen LogP contribution in [0.25, 0.3) is 0 Å². The minimum Gasteiger partial charge on any atom is -0.383 e. The summed E-state index contributed by atoms with van der Waals surface area (Å²) in [4.78, 5) is 14.8. The third kappa shape index (κ3) is 3.84. The van der Waals surface area contributed by atoms with Crippen LogP contribution in [0, 0.1) is 18.8 Å². The average Bonchev–Trinajstić information content (AvgIpc) is 2.61. The van der Waals surface area contributed by atoms with Crippen LogP contribution in [0.2, 0.25) is 0 Å². The van der Waals surface area contributed by atoms with Gasteiger partial charge >= 0.3 is 0 Å². The number of anilines is 1. The second-order valence-electron chi connectivity index (χ2n) is 6.52. The molecule has 0 spiro atoms. The molecule has 3 atom stereocenters. The summed E-state index contributed by atoms with van der Waals surface area (Å²) in [6.07, 6.45) is 1.85. The SMILES string of the molecule is COCCNC(=O)[C@@H]1CCO[C@@H]2CCN(c3ccc(C)nn3)C[C@@H]21. The molecule has 2 aliphatic heterocycles. The standard InChI is InChI=1S/C17H26N4O3/c1-12-3-4-16(20-19-12)21-8-5-15-14(11-21)13(6-9-24-15)17(22)18-7-10-23-2/h3-4,13-15H,5-11H2,1-2H3,(H,18,22)/t13-,14-,15-/m1/s1. The first-order valence-corrected chi connectivity index (χ1v) is 8.62. The predicted molar refractivity (Wildman–Crippen MR) is 89.8 cm³/mol. The number of amides is 1. The van der Waals surface area contributed by atoms with Gasteiger partial charge in [0.05, 0.1) is 18.4 Å². The Bertz CT molecular complexity index is 551. The summed E-state index contributed by atoms with van der Waals surface area (Å²) in [5.74, 6) is 1.17. The second kappa shape index (κ2) is 7.90. The Morgan fingerprint density at radius 3 is 3.04 bits per heavy atom. The van der Waals surface area contributed by atoms with Crippen molar-refractivity contribution in [3.05, 3.63) is 17.8 Å². The number of hydrogen-bond donors (Lipinski definition) is 1. The molecule has 0 aromatic carbocycles. The van der Waals surface area contributed by atoms with Crippen LogP contribution in [0.3, 0.4) is 0 Å². The molecule has 132 valence electrons. The van der Waals surface area contributed by atoms with Gasteiger partial charge in [-0.25, -0.2) is 0 Å². The van der Waals surface area contributed by atoms with Crippen LogP contribution in [0.1, 0.15) is 18.5 Å². The largest absolute Gasteiger partial charge is 0.383 e. The number of nitrogens with zero attached hydrogens (tertiary/aromatic N) is 3. The molecule has 3 rings (SSSR count). The quantitative estimate of drug-likeness (QED) is 0.802. The molecule has 1 amide bonds. The van der Waals surface area contributed by atoms with Gasteiger partial charge in [-0.05, 0) is 31.9 Å². The van der Waals surface area contributed by atoms with Gasteiger partial charge in [0.2, 0.25) is 5.91 Å². The van der Waals surface area contributed by atoms with Crippen LogP contribution >= 0.6 is 0 Å². The third-order valence-electron chi connectivity index (χ3n) is 4.92. The van der Waals surface area contributed by atoms with Crippen molar-refractivity contribution in [2.24, 2.45) is 11.8 Å². The maximum Gasteiger partial charge on any atom is 0.223 e. The third-order valence-corrected chi connectivity index (χ3v) is 4.92. The van der Waals surface area contributed by atoms with E-state index in [1.807, 2.05) is 19.1 Å². The van der Waals surface area contributed by atoms with Gasteiger partial charge in [0, 0.05) is 45.2 Å². The van der Waals surface area contributed by atoms with Crippen LogP contribution < -0.4 is 10.2 Å². The molecule has 1 aromatic rings. The van der Waals surface area contributed by atoms with Crippen molar-refractivity contribution in [2.75, 3.05) is 44.9 Å². The summed E-state index contributed by atoms with van der Waals surface area (Å²) in [6.45, 7) is 5.35. The van der Waals surface area contributed by atoms with Gasteiger partial charge in [-0.2, -0.15) is 5.10 Å². The van der Waals surface area contributed by atoms with Crippen molar-refractivity contribution in [3.8, 4) is 0 Å². The smallest absolute Gasteiger partial charge is 0.223 e. The minimum absolute atomic E-state index is 0.0122.